The Kier molecular flexibility index (Phi) is 2.24. The molecule has 0 unspecified atom stereocenters. The third kappa shape index (κ3) is 1.86. The smallest absolute Gasteiger partial charge is 0.366 e. The lowest BCUT2D eigenvalue weighted by molar-refractivity contribution is 0.436. The van der Waals surface area contributed by atoms with Crippen LogP contribution in [0.1, 0.15) is 0 Å². The molecule has 0 aliphatic rings. The Morgan fingerprint density at radius 1 is 1.33 bits per heavy atom. The summed E-state index contributed by atoms with van der Waals surface area (Å²) in [7, 11) is -4.87. The maximum atomic E-state index is 12.7. The number of rotatable bonds is 2. The molecule has 0 aromatic carbocycles. The minimum atomic E-state index is -4.87. The van der Waals surface area contributed by atoms with E-state index in [0.717, 1.165) is 6.26 Å². The van der Waals surface area contributed by atoms with Crippen molar-refractivity contribution in [3.63, 3.8) is 0 Å². The van der Waals surface area contributed by atoms with E-state index in [1.165, 1.54) is 18.3 Å². The van der Waals surface area contributed by atoms with Crippen LogP contribution in [0.3, 0.4) is 0 Å². The minimum absolute atomic E-state index is 0.0607. The molecule has 0 saturated carbocycles. The second-order valence-electron chi connectivity index (χ2n) is 2.67. The Morgan fingerprint density at radius 2 is 2.13 bits per heavy atom. The van der Waals surface area contributed by atoms with Crippen LogP contribution in [0.4, 0.5) is 3.89 Å². The molecular weight excluding hydrogens is 223 g/mol. The predicted molar refractivity (Wildman–Crippen MR) is 48.0 cm³/mol. The van der Waals surface area contributed by atoms with Crippen LogP contribution in [-0.2, 0) is 10.2 Å². The summed E-state index contributed by atoms with van der Waals surface area (Å²) < 4.78 is 38.6. The molecule has 78 valence electrons. The summed E-state index contributed by atoms with van der Waals surface area (Å²) in [6, 6.07) is 4.38. The average Bonchev–Trinajstić information content (AvgIpc) is 2.67. The molecule has 0 saturated heterocycles. The van der Waals surface area contributed by atoms with Crippen LogP contribution in [0.2, 0.25) is 0 Å². The van der Waals surface area contributed by atoms with Crippen LogP contribution in [0.15, 0.2) is 40.2 Å². The largest absolute Gasteiger partial charge is 0.450 e. The Morgan fingerprint density at radius 3 is 2.73 bits per heavy atom. The second kappa shape index (κ2) is 3.43. The number of hydrogen-bond acceptors (Lipinski definition) is 5. The van der Waals surface area contributed by atoms with E-state index in [4.69, 9.17) is 0 Å². The molecule has 2 rings (SSSR count). The lowest BCUT2D eigenvalue weighted by Crippen LogP contribution is -1.93. The Bertz CT molecular complexity index is 565. The third-order valence-electron chi connectivity index (χ3n) is 1.70. The highest BCUT2D eigenvalue weighted by molar-refractivity contribution is 7.86. The molecule has 2 heterocycles. The molecule has 0 amide bonds. The summed E-state index contributed by atoms with van der Waals surface area (Å²) in [5.41, 5.74) is 0.299. The van der Waals surface area contributed by atoms with Gasteiger partial charge < -0.3 is 4.42 Å². The van der Waals surface area contributed by atoms with Crippen molar-refractivity contribution in [1.29, 1.82) is 0 Å². The first-order chi connectivity index (χ1) is 7.09. The van der Waals surface area contributed by atoms with Gasteiger partial charge in [0.25, 0.3) is 5.09 Å². The van der Waals surface area contributed by atoms with Gasteiger partial charge in [-0.1, -0.05) is 3.89 Å². The Hall–Kier alpha value is -1.76. The number of nitrogens with zero attached hydrogens (tertiary/aromatic N) is 2. The monoisotopic (exact) mass is 228 g/mol. The highest BCUT2D eigenvalue weighted by atomic mass is 32.3. The van der Waals surface area contributed by atoms with Gasteiger partial charge in [-0.3, -0.25) is 0 Å². The first-order valence-electron chi connectivity index (χ1n) is 3.89. The third-order valence-corrected chi connectivity index (χ3v) is 2.46. The Labute approximate surface area is 84.8 Å². The van der Waals surface area contributed by atoms with Gasteiger partial charge in [0, 0.05) is 6.20 Å². The van der Waals surface area contributed by atoms with Crippen LogP contribution in [0.25, 0.3) is 11.3 Å². The van der Waals surface area contributed by atoms with E-state index in [1.54, 1.807) is 6.07 Å². The van der Waals surface area contributed by atoms with Crippen molar-refractivity contribution >= 4 is 10.2 Å². The summed E-state index contributed by atoms with van der Waals surface area (Å²) in [4.78, 5) is 0. The molecule has 0 atom stereocenters. The molecule has 2 aromatic heterocycles. The van der Waals surface area contributed by atoms with E-state index < -0.39 is 15.3 Å². The van der Waals surface area contributed by atoms with Gasteiger partial charge in [-0.05, 0) is 18.2 Å². The van der Waals surface area contributed by atoms with Gasteiger partial charge in [0.1, 0.15) is 0 Å². The van der Waals surface area contributed by atoms with Crippen molar-refractivity contribution in [3.8, 4) is 11.3 Å². The second-order valence-corrected chi connectivity index (χ2v) is 3.91. The van der Waals surface area contributed by atoms with Crippen molar-refractivity contribution in [3.05, 3.63) is 30.7 Å². The zero-order valence-corrected chi connectivity index (χ0v) is 8.11. The van der Waals surface area contributed by atoms with Gasteiger partial charge in [-0.25, -0.2) is 0 Å². The molecule has 0 N–H and O–H groups in total. The lowest BCUT2D eigenvalue weighted by atomic mass is 10.2. The lowest BCUT2D eigenvalue weighted by Gasteiger charge is -1.95. The highest BCUT2D eigenvalue weighted by Crippen LogP contribution is 2.27. The molecule has 0 aliphatic carbocycles. The van der Waals surface area contributed by atoms with Crippen LogP contribution in [-0.4, -0.2) is 18.6 Å². The molecule has 0 spiro atoms. The maximum absolute atomic E-state index is 12.7. The molecule has 7 heteroatoms. The van der Waals surface area contributed by atoms with E-state index in [0.29, 0.717) is 0 Å². The van der Waals surface area contributed by atoms with Gasteiger partial charge in [-0.2, -0.15) is 18.6 Å². The minimum Gasteiger partial charge on any atom is -0.450 e. The van der Waals surface area contributed by atoms with Crippen molar-refractivity contribution in [1.82, 2.24) is 10.2 Å². The number of furan rings is 1. The number of hydrogen-bond donors (Lipinski definition) is 0. The van der Waals surface area contributed by atoms with E-state index in [2.05, 4.69) is 14.6 Å². The first-order valence-corrected chi connectivity index (χ1v) is 5.27. The maximum Gasteiger partial charge on any atom is 0.366 e. The van der Waals surface area contributed by atoms with Crippen LogP contribution < -0.4 is 0 Å². The van der Waals surface area contributed by atoms with Crippen LogP contribution in [0, 0.1) is 0 Å². The van der Waals surface area contributed by atoms with Crippen molar-refractivity contribution in [2.45, 2.75) is 5.09 Å². The fraction of sp³-hybridized carbons (Fsp3) is 0. The fourth-order valence-electron chi connectivity index (χ4n) is 1.12. The highest BCUT2D eigenvalue weighted by Gasteiger charge is 2.23. The molecule has 0 fully saturated rings. The molecule has 2 aromatic rings. The van der Waals surface area contributed by atoms with E-state index in [-0.39, 0.29) is 11.3 Å². The number of aromatic nitrogens is 2. The normalized spacial score (nSPS) is 11.5. The van der Waals surface area contributed by atoms with E-state index in [9.17, 15) is 12.3 Å². The standard InChI is InChI=1S/C8H5FN2O3S/c9-15(12,13)8-6(3-5-14-8)7-2-1-4-10-11-7/h1-5H. The van der Waals surface area contributed by atoms with Crippen LogP contribution >= 0.6 is 0 Å². The zero-order valence-electron chi connectivity index (χ0n) is 7.29. The Balaban J connectivity index is 2.61. The number of halogens is 1. The van der Waals surface area contributed by atoms with E-state index in [1.807, 2.05) is 0 Å². The van der Waals surface area contributed by atoms with Crippen molar-refractivity contribution in [2.75, 3.05) is 0 Å². The summed E-state index contributed by atoms with van der Waals surface area (Å²) in [6.07, 6.45) is 2.50. The van der Waals surface area contributed by atoms with Gasteiger partial charge in [0.05, 0.1) is 17.5 Å². The van der Waals surface area contributed by atoms with Gasteiger partial charge in [0.15, 0.2) is 0 Å². The van der Waals surface area contributed by atoms with Gasteiger partial charge in [0.2, 0.25) is 0 Å². The van der Waals surface area contributed by atoms with Crippen molar-refractivity contribution < 1.29 is 16.7 Å². The SMILES string of the molecule is O=S(=O)(F)c1occc1-c1cccnn1. The van der Waals surface area contributed by atoms with Crippen LogP contribution in [0.5, 0.6) is 0 Å². The summed E-state index contributed by atoms with van der Waals surface area (Å²) in [5.74, 6) is 0. The summed E-state index contributed by atoms with van der Waals surface area (Å²) in [6.45, 7) is 0. The molecular formula is C8H5FN2O3S. The predicted octanol–water partition coefficient (Wildman–Crippen LogP) is 1.39. The zero-order chi connectivity index (χ0) is 10.9. The first kappa shape index (κ1) is 9.78. The fourth-order valence-corrected chi connectivity index (χ4v) is 1.73. The molecule has 15 heavy (non-hydrogen) atoms. The molecule has 0 radical (unpaired) electrons. The van der Waals surface area contributed by atoms with Gasteiger partial charge in [-0.15, -0.1) is 0 Å². The summed E-state index contributed by atoms with van der Waals surface area (Å²) in [5, 5.41) is 6.46. The molecule has 0 aliphatic heterocycles. The van der Waals surface area contributed by atoms with E-state index >= 15 is 0 Å². The quantitative estimate of drug-likeness (QED) is 0.726. The molecule has 5 nitrogen and oxygen atoms in total. The average molecular weight is 228 g/mol. The van der Waals surface area contributed by atoms with Crippen molar-refractivity contribution in [2.24, 2.45) is 0 Å². The van der Waals surface area contributed by atoms with Gasteiger partial charge >= 0.3 is 10.2 Å². The molecule has 0 bridgehead atoms. The topological polar surface area (TPSA) is 73.1 Å². The summed E-state index contributed by atoms with van der Waals surface area (Å²) >= 11 is 0.